The van der Waals surface area contributed by atoms with Gasteiger partial charge in [-0.2, -0.15) is 0 Å². The number of nitrogens with one attached hydrogen (secondary N) is 1. The number of hydrogen-bond acceptors (Lipinski definition) is 2. The van der Waals surface area contributed by atoms with E-state index in [-0.39, 0.29) is 0 Å². The third-order valence-corrected chi connectivity index (χ3v) is 3.94. The fraction of sp³-hybridized carbons (Fsp3) is 0.231. The predicted octanol–water partition coefficient (Wildman–Crippen LogP) is 4.36. The van der Waals surface area contributed by atoms with Crippen LogP contribution in [0.25, 0.3) is 0 Å². The molecule has 0 saturated heterocycles. The Balaban J connectivity index is 1.93. The van der Waals surface area contributed by atoms with Crippen molar-refractivity contribution in [2.45, 2.75) is 19.5 Å². The lowest BCUT2D eigenvalue weighted by atomic mass is 10.1. The van der Waals surface area contributed by atoms with Gasteiger partial charge >= 0.3 is 0 Å². The van der Waals surface area contributed by atoms with Crippen LogP contribution in [0, 0.1) is 0 Å². The lowest BCUT2D eigenvalue weighted by molar-refractivity contribution is 0.579. The van der Waals surface area contributed by atoms with Gasteiger partial charge in [-0.1, -0.05) is 34.1 Å². The van der Waals surface area contributed by atoms with E-state index in [2.05, 4.69) is 69.9 Å². The van der Waals surface area contributed by atoms with Crippen LogP contribution >= 0.6 is 27.3 Å². The van der Waals surface area contributed by atoms with E-state index < -0.39 is 0 Å². The second-order valence-corrected chi connectivity index (χ2v) is 5.68. The van der Waals surface area contributed by atoms with Crippen molar-refractivity contribution in [3.63, 3.8) is 0 Å². The Bertz CT molecular complexity index is 422. The molecule has 2 aromatic rings. The fourth-order valence-electron chi connectivity index (χ4n) is 1.54. The summed E-state index contributed by atoms with van der Waals surface area (Å²) in [4.78, 5) is 1.38. The van der Waals surface area contributed by atoms with Crippen LogP contribution in [0.1, 0.15) is 23.4 Å². The molecule has 1 N–H and O–H groups in total. The zero-order valence-electron chi connectivity index (χ0n) is 9.11. The van der Waals surface area contributed by atoms with Gasteiger partial charge in [-0.3, -0.25) is 0 Å². The molecule has 3 heteroatoms. The van der Waals surface area contributed by atoms with Crippen LogP contribution in [0.4, 0.5) is 0 Å². The molecule has 0 fully saturated rings. The van der Waals surface area contributed by atoms with E-state index in [1.165, 1.54) is 10.4 Å². The molecular weight excluding hydrogens is 282 g/mol. The highest BCUT2D eigenvalue weighted by atomic mass is 79.9. The highest BCUT2D eigenvalue weighted by Gasteiger charge is 2.04. The minimum atomic E-state index is 0.384. The number of thiophene rings is 1. The first-order valence-corrected chi connectivity index (χ1v) is 6.94. The van der Waals surface area contributed by atoms with Crippen LogP contribution in [0.3, 0.4) is 0 Å². The summed E-state index contributed by atoms with van der Waals surface area (Å²) < 4.78 is 1.13. The molecular formula is C13H14BrNS. The minimum absolute atomic E-state index is 0.384. The van der Waals surface area contributed by atoms with Crippen molar-refractivity contribution in [2.24, 2.45) is 0 Å². The standard InChI is InChI=1S/C13H14BrNS/c1-10(11-4-6-12(14)7-5-11)15-9-13-3-2-8-16-13/h2-8,10,15H,9H2,1H3. The molecule has 1 unspecified atom stereocenters. The van der Waals surface area contributed by atoms with Crippen molar-refractivity contribution in [1.82, 2.24) is 5.32 Å². The summed E-state index contributed by atoms with van der Waals surface area (Å²) in [5, 5.41) is 5.63. The molecule has 0 radical (unpaired) electrons. The molecule has 0 aliphatic carbocycles. The first kappa shape index (κ1) is 11.8. The summed E-state index contributed by atoms with van der Waals surface area (Å²) in [5.74, 6) is 0. The van der Waals surface area contributed by atoms with E-state index in [0.717, 1.165) is 11.0 Å². The van der Waals surface area contributed by atoms with Gasteiger partial charge in [0.05, 0.1) is 0 Å². The Morgan fingerprint density at radius 2 is 2.00 bits per heavy atom. The maximum Gasteiger partial charge on any atom is 0.0305 e. The molecule has 1 aromatic carbocycles. The quantitative estimate of drug-likeness (QED) is 0.884. The molecule has 0 amide bonds. The molecule has 1 nitrogen and oxygen atoms in total. The highest BCUT2D eigenvalue weighted by molar-refractivity contribution is 9.10. The third-order valence-electron chi connectivity index (χ3n) is 2.53. The molecule has 0 aliphatic rings. The molecule has 0 saturated carbocycles. The summed E-state index contributed by atoms with van der Waals surface area (Å²) in [6.45, 7) is 3.13. The Morgan fingerprint density at radius 3 is 2.62 bits per heavy atom. The second kappa shape index (κ2) is 5.62. The van der Waals surface area contributed by atoms with Crippen molar-refractivity contribution in [3.8, 4) is 0 Å². The van der Waals surface area contributed by atoms with E-state index >= 15 is 0 Å². The van der Waals surface area contributed by atoms with Gasteiger partial charge in [0.15, 0.2) is 0 Å². The van der Waals surface area contributed by atoms with Crippen LogP contribution in [0.15, 0.2) is 46.3 Å². The first-order chi connectivity index (χ1) is 7.75. The molecule has 1 heterocycles. The van der Waals surface area contributed by atoms with Gasteiger partial charge in [0.25, 0.3) is 0 Å². The largest absolute Gasteiger partial charge is 0.305 e. The van der Waals surface area contributed by atoms with Gasteiger partial charge in [0.2, 0.25) is 0 Å². The van der Waals surface area contributed by atoms with E-state index in [4.69, 9.17) is 0 Å². The fourth-order valence-corrected chi connectivity index (χ4v) is 2.46. The average molecular weight is 296 g/mol. The maximum absolute atomic E-state index is 3.52. The maximum atomic E-state index is 3.52. The van der Waals surface area contributed by atoms with E-state index in [9.17, 15) is 0 Å². The van der Waals surface area contributed by atoms with Gasteiger partial charge in [-0.15, -0.1) is 11.3 Å². The topological polar surface area (TPSA) is 12.0 Å². The minimum Gasteiger partial charge on any atom is -0.305 e. The van der Waals surface area contributed by atoms with Crippen LogP contribution in [0.5, 0.6) is 0 Å². The Labute approximate surface area is 109 Å². The SMILES string of the molecule is CC(NCc1cccs1)c1ccc(Br)cc1. The van der Waals surface area contributed by atoms with E-state index in [1.807, 2.05) is 0 Å². The lowest BCUT2D eigenvalue weighted by Gasteiger charge is -2.13. The van der Waals surface area contributed by atoms with Crippen LogP contribution in [-0.4, -0.2) is 0 Å². The number of rotatable bonds is 4. The summed E-state index contributed by atoms with van der Waals surface area (Å²) >= 11 is 5.24. The molecule has 1 aromatic heterocycles. The summed E-state index contributed by atoms with van der Waals surface area (Å²) in [7, 11) is 0. The van der Waals surface area contributed by atoms with Gasteiger partial charge in [0.1, 0.15) is 0 Å². The van der Waals surface area contributed by atoms with Crippen LogP contribution < -0.4 is 5.32 Å². The van der Waals surface area contributed by atoms with Crippen molar-refractivity contribution >= 4 is 27.3 Å². The zero-order valence-corrected chi connectivity index (χ0v) is 11.5. The molecule has 84 valence electrons. The highest BCUT2D eigenvalue weighted by Crippen LogP contribution is 2.17. The average Bonchev–Trinajstić information content (AvgIpc) is 2.80. The molecule has 0 aliphatic heterocycles. The molecule has 16 heavy (non-hydrogen) atoms. The number of hydrogen-bond donors (Lipinski definition) is 1. The van der Waals surface area contributed by atoms with Crippen molar-refractivity contribution in [1.29, 1.82) is 0 Å². The van der Waals surface area contributed by atoms with E-state index in [1.54, 1.807) is 11.3 Å². The van der Waals surface area contributed by atoms with Gasteiger partial charge in [-0.05, 0) is 36.1 Å². The van der Waals surface area contributed by atoms with Gasteiger partial charge in [-0.25, -0.2) is 0 Å². The number of benzene rings is 1. The molecule has 1 atom stereocenters. The molecule has 0 spiro atoms. The van der Waals surface area contributed by atoms with Crippen molar-refractivity contribution in [3.05, 3.63) is 56.7 Å². The first-order valence-electron chi connectivity index (χ1n) is 5.27. The normalized spacial score (nSPS) is 12.6. The molecule has 2 rings (SSSR count). The second-order valence-electron chi connectivity index (χ2n) is 3.73. The smallest absolute Gasteiger partial charge is 0.0305 e. The summed E-state index contributed by atoms with van der Waals surface area (Å²) in [6, 6.07) is 13.1. The molecule has 0 bridgehead atoms. The summed E-state index contributed by atoms with van der Waals surface area (Å²) in [5.41, 5.74) is 1.32. The van der Waals surface area contributed by atoms with Crippen LogP contribution in [0.2, 0.25) is 0 Å². The van der Waals surface area contributed by atoms with Crippen molar-refractivity contribution in [2.75, 3.05) is 0 Å². The Hall–Kier alpha value is -0.640. The Morgan fingerprint density at radius 1 is 1.25 bits per heavy atom. The van der Waals surface area contributed by atoms with Crippen LogP contribution in [-0.2, 0) is 6.54 Å². The van der Waals surface area contributed by atoms with Crippen molar-refractivity contribution < 1.29 is 0 Å². The lowest BCUT2D eigenvalue weighted by Crippen LogP contribution is -2.17. The monoisotopic (exact) mass is 295 g/mol. The zero-order chi connectivity index (χ0) is 11.4. The van der Waals surface area contributed by atoms with Gasteiger partial charge in [0, 0.05) is 21.9 Å². The predicted molar refractivity (Wildman–Crippen MR) is 73.7 cm³/mol. The third kappa shape index (κ3) is 3.17. The summed E-state index contributed by atoms with van der Waals surface area (Å²) in [6.07, 6.45) is 0. The number of halogens is 1. The Kier molecular flexibility index (Phi) is 4.16. The van der Waals surface area contributed by atoms with E-state index in [0.29, 0.717) is 6.04 Å². The van der Waals surface area contributed by atoms with Gasteiger partial charge < -0.3 is 5.32 Å².